The lowest BCUT2D eigenvalue weighted by atomic mass is 9.63. The highest BCUT2D eigenvalue weighted by Crippen LogP contribution is 2.46. The Kier molecular flexibility index (Phi) is 3.45. The zero-order valence-electron chi connectivity index (χ0n) is 11.7. The Morgan fingerprint density at radius 1 is 1.19 bits per heavy atom. The Balaban J connectivity index is 1.91. The second kappa shape index (κ2) is 5.15. The number of hydrogen-bond donors (Lipinski definition) is 2. The number of carbonyl (C=O) groups is 2. The van der Waals surface area contributed by atoms with E-state index < -0.39 is 23.5 Å². The van der Waals surface area contributed by atoms with Crippen molar-refractivity contribution in [1.82, 2.24) is 4.90 Å². The largest absolute Gasteiger partial charge is 0.480 e. The van der Waals surface area contributed by atoms with Gasteiger partial charge < -0.3 is 15.1 Å². The molecule has 2 aliphatic rings. The third kappa shape index (κ3) is 2.21. The zero-order valence-corrected chi connectivity index (χ0v) is 11.7. The molecule has 3 rings (SSSR count). The van der Waals surface area contributed by atoms with Gasteiger partial charge in [0.05, 0.1) is 11.5 Å². The number of hydrogen-bond acceptors (Lipinski definition) is 3. The normalized spacial score (nSPS) is 27.2. The lowest BCUT2D eigenvalue weighted by Gasteiger charge is -2.44. The lowest BCUT2D eigenvalue weighted by Crippen LogP contribution is -2.54. The molecule has 1 heterocycles. The molecule has 2 fully saturated rings. The summed E-state index contributed by atoms with van der Waals surface area (Å²) in [6.07, 6.45) is 1.83. The topological polar surface area (TPSA) is 77.8 Å². The van der Waals surface area contributed by atoms with Gasteiger partial charge in [-0.1, -0.05) is 36.8 Å². The van der Waals surface area contributed by atoms with Crippen molar-refractivity contribution in [2.24, 2.45) is 0 Å². The summed E-state index contributed by atoms with van der Waals surface area (Å²) in [7, 11) is 0. The first-order valence-corrected chi connectivity index (χ1v) is 7.32. The van der Waals surface area contributed by atoms with Crippen molar-refractivity contribution < 1.29 is 19.8 Å². The van der Waals surface area contributed by atoms with Crippen LogP contribution in [0.15, 0.2) is 30.3 Å². The Hall–Kier alpha value is -1.88. The second-order valence-electron chi connectivity index (χ2n) is 6.00. The van der Waals surface area contributed by atoms with Gasteiger partial charge in [-0.2, -0.15) is 0 Å². The van der Waals surface area contributed by atoms with Gasteiger partial charge in [-0.3, -0.25) is 4.79 Å². The van der Waals surface area contributed by atoms with Crippen LogP contribution in [0.4, 0.5) is 0 Å². The van der Waals surface area contributed by atoms with Crippen LogP contribution in [0.25, 0.3) is 0 Å². The molecule has 2 unspecified atom stereocenters. The van der Waals surface area contributed by atoms with E-state index in [4.69, 9.17) is 0 Å². The number of aliphatic hydroxyl groups excluding tert-OH is 1. The number of carbonyl (C=O) groups excluding carboxylic acids is 1. The highest BCUT2D eigenvalue weighted by molar-refractivity contribution is 5.93. The number of aliphatic hydroxyl groups is 1. The fraction of sp³-hybridized carbons (Fsp3) is 0.500. The molecule has 0 aromatic heterocycles. The number of nitrogens with zero attached hydrogens (tertiary/aromatic N) is 1. The lowest BCUT2D eigenvalue weighted by molar-refractivity contribution is -0.152. The van der Waals surface area contributed by atoms with E-state index in [0.717, 1.165) is 24.8 Å². The van der Waals surface area contributed by atoms with Crippen LogP contribution in [0.2, 0.25) is 0 Å². The number of likely N-dealkylation sites (tertiary alicyclic amines) is 1. The van der Waals surface area contributed by atoms with Crippen molar-refractivity contribution >= 4 is 11.9 Å². The molecular weight excluding hydrogens is 270 g/mol. The van der Waals surface area contributed by atoms with Crippen molar-refractivity contribution in [3.05, 3.63) is 35.9 Å². The van der Waals surface area contributed by atoms with Gasteiger partial charge in [0.1, 0.15) is 6.04 Å². The summed E-state index contributed by atoms with van der Waals surface area (Å²) in [5.74, 6) is -1.19. The summed E-state index contributed by atoms with van der Waals surface area (Å²) in [4.78, 5) is 25.6. The van der Waals surface area contributed by atoms with Gasteiger partial charge >= 0.3 is 5.97 Å². The monoisotopic (exact) mass is 289 g/mol. The van der Waals surface area contributed by atoms with Crippen molar-refractivity contribution in [2.45, 2.75) is 43.2 Å². The van der Waals surface area contributed by atoms with Crippen LogP contribution >= 0.6 is 0 Å². The van der Waals surface area contributed by atoms with E-state index in [-0.39, 0.29) is 18.9 Å². The molecule has 0 bridgehead atoms. The molecule has 1 aromatic carbocycles. The van der Waals surface area contributed by atoms with Crippen LogP contribution < -0.4 is 0 Å². The third-order valence-electron chi connectivity index (χ3n) is 4.77. The Morgan fingerprint density at radius 2 is 1.86 bits per heavy atom. The first kappa shape index (κ1) is 14.1. The molecule has 5 nitrogen and oxygen atoms in total. The number of benzene rings is 1. The first-order valence-electron chi connectivity index (χ1n) is 7.32. The fourth-order valence-electron chi connectivity index (χ4n) is 3.46. The molecule has 1 aromatic rings. The predicted molar refractivity (Wildman–Crippen MR) is 75.7 cm³/mol. The van der Waals surface area contributed by atoms with Crippen molar-refractivity contribution in [1.29, 1.82) is 0 Å². The van der Waals surface area contributed by atoms with Gasteiger partial charge in [0.15, 0.2) is 0 Å². The molecule has 0 spiro atoms. The van der Waals surface area contributed by atoms with E-state index >= 15 is 0 Å². The highest BCUT2D eigenvalue weighted by Gasteiger charge is 2.51. The first-order chi connectivity index (χ1) is 10.0. The number of rotatable bonds is 3. The Bertz CT molecular complexity index is 553. The van der Waals surface area contributed by atoms with E-state index in [1.54, 1.807) is 0 Å². The molecule has 1 aliphatic heterocycles. The number of carboxylic acids is 1. The van der Waals surface area contributed by atoms with E-state index in [1.807, 2.05) is 30.3 Å². The van der Waals surface area contributed by atoms with Gasteiger partial charge in [-0.25, -0.2) is 4.79 Å². The molecule has 1 saturated heterocycles. The average molecular weight is 289 g/mol. The van der Waals surface area contributed by atoms with Gasteiger partial charge in [0, 0.05) is 13.0 Å². The van der Waals surface area contributed by atoms with Crippen LogP contribution in [-0.2, 0) is 15.0 Å². The predicted octanol–water partition coefficient (Wildman–Crippen LogP) is 1.15. The molecule has 21 heavy (non-hydrogen) atoms. The van der Waals surface area contributed by atoms with E-state index in [0.29, 0.717) is 0 Å². The number of β-amino-alcohol motifs (C(OH)–C–C–N with tert-alkyl or cyclic N) is 1. The van der Waals surface area contributed by atoms with Crippen LogP contribution in [0.3, 0.4) is 0 Å². The van der Waals surface area contributed by atoms with Crippen LogP contribution in [0, 0.1) is 0 Å². The van der Waals surface area contributed by atoms with Crippen molar-refractivity contribution in [2.75, 3.05) is 6.54 Å². The van der Waals surface area contributed by atoms with Crippen molar-refractivity contribution in [3.63, 3.8) is 0 Å². The molecule has 5 heteroatoms. The molecular formula is C16H19NO4. The Labute approximate surface area is 123 Å². The molecule has 0 radical (unpaired) electrons. The maximum absolute atomic E-state index is 13.0. The van der Waals surface area contributed by atoms with E-state index in [2.05, 4.69) is 0 Å². The summed E-state index contributed by atoms with van der Waals surface area (Å²) in [5, 5.41) is 19.0. The van der Waals surface area contributed by atoms with Crippen LogP contribution in [0.1, 0.15) is 31.2 Å². The summed E-state index contributed by atoms with van der Waals surface area (Å²) >= 11 is 0. The van der Waals surface area contributed by atoms with E-state index in [9.17, 15) is 19.8 Å². The summed E-state index contributed by atoms with van der Waals surface area (Å²) in [5.41, 5.74) is 0.353. The van der Waals surface area contributed by atoms with Crippen LogP contribution in [0.5, 0.6) is 0 Å². The van der Waals surface area contributed by atoms with Gasteiger partial charge in [0.25, 0.3) is 0 Å². The summed E-state index contributed by atoms with van der Waals surface area (Å²) in [6, 6.07) is 8.65. The van der Waals surface area contributed by atoms with Crippen LogP contribution in [-0.4, -0.2) is 45.7 Å². The standard InChI is InChI=1S/C16H19NO4/c18-12-9-13(14(19)20)17(10-12)15(21)16(7-4-8-16)11-5-2-1-3-6-11/h1-3,5-6,12-13,18H,4,7-10H2,(H,19,20). The maximum Gasteiger partial charge on any atom is 0.326 e. The smallest absolute Gasteiger partial charge is 0.326 e. The fourth-order valence-corrected chi connectivity index (χ4v) is 3.46. The molecule has 112 valence electrons. The summed E-state index contributed by atoms with van der Waals surface area (Å²) in [6.45, 7) is 0.115. The molecule has 2 atom stereocenters. The van der Waals surface area contributed by atoms with Gasteiger partial charge in [-0.15, -0.1) is 0 Å². The number of carboxylic acid groups (broad SMARTS) is 1. The highest BCUT2D eigenvalue weighted by atomic mass is 16.4. The Morgan fingerprint density at radius 3 is 2.38 bits per heavy atom. The summed E-state index contributed by atoms with van der Waals surface area (Å²) < 4.78 is 0. The minimum Gasteiger partial charge on any atom is -0.480 e. The SMILES string of the molecule is O=C(O)C1CC(O)CN1C(=O)C1(c2ccccc2)CCC1. The van der Waals surface area contributed by atoms with Gasteiger partial charge in [0.2, 0.25) is 5.91 Å². The zero-order chi connectivity index (χ0) is 15.0. The quantitative estimate of drug-likeness (QED) is 0.875. The van der Waals surface area contributed by atoms with E-state index in [1.165, 1.54) is 4.90 Å². The average Bonchev–Trinajstić information content (AvgIpc) is 2.81. The molecule has 1 aliphatic carbocycles. The number of amides is 1. The minimum atomic E-state index is -1.04. The maximum atomic E-state index is 13.0. The minimum absolute atomic E-state index is 0.115. The van der Waals surface area contributed by atoms with Crippen molar-refractivity contribution in [3.8, 4) is 0 Å². The van der Waals surface area contributed by atoms with Gasteiger partial charge in [-0.05, 0) is 18.4 Å². The number of aliphatic carboxylic acids is 1. The molecule has 2 N–H and O–H groups in total. The third-order valence-corrected chi connectivity index (χ3v) is 4.77. The molecule has 1 amide bonds. The second-order valence-corrected chi connectivity index (χ2v) is 6.00. The molecule has 1 saturated carbocycles.